The molecule has 2 aromatic rings. The lowest BCUT2D eigenvalue weighted by molar-refractivity contribution is -0.124. The molecule has 0 radical (unpaired) electrons. The zero-order valence-corrected chi connectivity index (χ0v) is 15.7. The maximum Gasteiger partial charge on any atom is 0.358 e. The Balaban J connectivity index is 1.90. The van der Waals surface area contributed by atoms with Crippen molar-refractivity contribution in [2.24, 2.45) is 0 Å². The molecule has 1 N–H and O–H groups in total. The van der Waals surface area contributed by atoms with Crippen molar-refractivity contribution >= 4 is 23.2 Å². The highest BCUT2D eigenvalue weighted by molar-refractivity contribution is 7.13. The first-order valence-corrected chi connectivity index (χ1v) is 9.42. The molecule has 0 aliphatic heterocycles. The minimum Gasteiger partial charge on any atom is -0.451 e. The number of rotatable bonds is 8. The monoisotopic (exact) mass is 360 g/mol. The maximum atomic E-state index is 12.0. The Morgan fingerprint density at radius 2 is 1.96 bits per heavy atom. The second-order valence-electron chi connectivity index (χ2n) is 5.92. The van der Waals surface area contributed by atoms with Gasteiger partial charge < -0.3 is 10.1 Å². The minimum atomic E-state index is -0.578. The Labute approximate surface area is 152 Å². The summed E-state index contributed by atoms with van der Waals surface area (Å²) >= 11 is 1.38. The summed E-state index contributed by atoms with van der Waals surface area (Å²) < 4.78 is 5.05. The topological polar surface area (TPSA) is 68.3 Å². The third-order valence-corrected chi connectivity index (χ3v) is 4.68. The Hall–Kier alpha value is -2.21. The van der Waals surface area contributed by atoms with E-state index in [-0.39, 0.29) is 24.2 Å². The summed E-state index contributed by atoms with van der Waals surface area (Å²) in [7, 11) is 0. The van der Waals surface area contributed by atoms with Crippen LogP contribution in [0.1, 0.15) is 49.7 Å². The van der Waals surface area contributed by atoms with Crippen molar-refractivity contribution in [3.05, 3.63) is 40.9 Å². The van der Waals surface area contributed by atoms with Crippen molar-refractivity contribution in [3.63, 3.8) is 0 Å². The van der Waals surface area contributed by atoms with Gasteiger partial charge in [-0.2, -0.15) is 0 Å². The number of hydrogen-bond donors (Lipinski definition) is 1. The second kappa shape index (κ2) is 9.32. The summed E-state index contributed by atoms with van der Waals surface area (Å²) in [6.45, 7) is 5.80. The van der Waals surface area contributed by atoms with E-state index >= 15 is 0 Å². The molecule has 0 aliphatic rings. The van der Waals surface area contributed by atoms with Gasteiger partial charge in [0, 0.05) is 17.0 Å². The molecule has 0 unspecified atom stereocenters. The molecule has 25 heavy (non-hydrogen) atoms. The van der Waals surface area contributed by atoms with E-state index in [1.807, 2.05) is 19.1 Å². The maximum absolute atomic E-state index is 12.0. The molecule has 0 spiro atoms. The molecular formula is C19H24N2O3S. The molecular weight excluding hydrogens is 336 g/mol. The number of carbonyl (C=O) groups is 2. The predicted molar refractivity (Wildman–Crippen MR) is 99.7 cm³/mol. The standard InChI is InChI=1S/C19H24N2O3S/c1-4-6-13(3)20-17(22)11-24-19(23)16-12-25-18(21-16)15-9-7-14(5-2)8-10-15/h7-10,12-13H,4-6,11H2,1-3H3,(H,20,22)/t13-/m0/s1. The number of aromatic nitrogens is 1. The Kier molecular flexibility index (Phi) is 7.13. The highest BCUT2D eigenvalue weighted by Crippen LogP contribution is 2.24. The molecule has 134 valence electrons. The first kappa shape index (κ1) is 19.1. The second-order valence-corrected chi connectivity index (χ2v) is 6.78. The Morgan fingerprint density at radius 3 is 2.60 bits per heavy atom. The van der Waals surface area contributed by atoms with Crippen LogP contribution >= 0.6 is 11.3 Å². The van der Waals surface area contributed by atoms with Crippen molar-refractivity contribution < 1.29 is 14.3 Å². The fourth-order valence-electron chi connectivity index (χ4n) is 2.41. The zero-order valence-electron chi connectivity index (χ0n) is 14.9. The highest BCUT2D eigenvalue weighted by Gasteiger charge is 2.15. The fourth-order valence-corrected chi connectivity index (χ4v) is 3.21. The van der Waals surface area contributed by atoms with Crippen LogP contribution in [0.5, 0.6) is 0 Å². The Morgan fingerprint density at radius 1 is 1.24 bits per heavy atom. The van der Waals surface area contributed by atoms with Crippen LogP contribution in [0.4, 0.5) is 0 Å². The SMILES string of the molecule is CCC[C@H](C)NC(=O)COC(=O)c1csc(-c2ccc(CC)cc2)n1. The van der Waals surface area contributed by atoms with Gasteiger partial charge in [0.15, 0.2) is 12.3 Å². The van der Waals surface area contributed by atoms with Crippen molar-refractivity contribution in [2.45, 2.75) is 46.1 Å². The molecule has 1 aromatic heterocycles. The van der Waals surface area contributed by atoms with Crippen molar-refractivity contribution in [2.75, 3.05) is 6.61 Å². The van der Waals surface area contributed by atoms with Gasteiger partial charge in [0.25, 0.3) is 5.91 Å². The zero-order chi connectivity index (χ0) is 18.2. The molecule has 5 nitrogen and oxygen atoms in total. The van der Waals surface area contributed by atoms with Crippen LogP contribution < -0.4 is 5.32 Å². The Bertz CT molecular complexity index is 710. The third-order valence-electron chi connectivity index (χ3n) is 3.79. The van der Waals surface area contributed by atoms with Gasteiger partial charge in [-0.25, -0.2) is 9.78 Å². The number of esters is 1. The molecule has 2 rings (SSSR count). The molecule has 0 saturated carbocycles. The lowest BCUT2D eigenvalue weighted by Gasteiger charge is -2.12. The number of nitrogens with one attached hydrogen (secondary N) is 1. The quantitative estimate of drug-likeness (QED) is 0.726. The molecule has 0 aliphatic carbocycles. The van der Waals surface area contributed by atoms with E-state index in [1.165, 1.54) is 16.9 Å². The molecule has 6 heteroatoms. The van der Waals surface area contributed by atoms with Crippen LogP contribution in [-0.4, -0.2) is 29.5 Å². The number of thiazole rings is 1. The minimum absolute atomic E-state index is 0.0770. The summed E-state index contributed by atoms with van der Waals surface area (Å²) in [5.41, 5.74) is 2.45. The van der Waals surface area contributed by atoms with E-state index in [1.54, 1.807) is 5.38 Å². The first-order chi connectivity index (χ1) is 12.0. The summed E-state index contributed by atoms with van der Waals surface area (Å²) in [6.07, 6.45) is 2.86. The van der Waals surface area contributed by atoms with Gasteiger partial charge in [-0.1, -0.05) is 44.5 Å². The average molecular weight is 360 g/mol. The van der Waals surface area contributed by atoms with Crippen molar-refractivity contribution in [1.29, 1.82) is 0 Å². The molecule has 1 aromatic carbocycles. The summed E-state index contributed by atoms with van der Waals surface area (Å²) in [5, 5.41) is 5.21. The van der Waals surface area contributed by atoms with Gasteiger partial charge >= 0.3 is 5.97 Å². The number of amides is 1. The molecule has 0 bridgehead atoms. The molecule has 0 fully saturated rings. The van der Waals surface area contributed by atoms with Gasteiger partial charge in [-0.3, -0.25) is 4.79 Å². The molecule has 1 atom stereocenters. The number of carbonyl (C=O) groups excluding carboxylic acids is 2. The number of hydrogen-bond acceptors (Lipinski definition) is 5. The number of nitrogens with zero attached hydrogens (tertiary/aromatic N) is 1. The van der Waals surface area contributed by atoms with Gasteiger partial charge in [0.1, 0.15) is 5.01 Å². The number of benzene rings is 1. The summed E-state index contributed by atoms with van der Waals surface area (Å²) in [5.74, 6) is -0.870. The van der Waals surface area contributed by atoms with E-state index in [4.69, 9.17) is 4.74 Å². The molecule has 0 saturated heterocycles. The van der Waals surface area contributed by atoms with Crippen LogP contribution in [0, 0.1) is 0 Å². The largest absolute Gasteiger partial charge is 0.451 e. The lowest BCUT2D eigenvalue weighted by Crippen LogP contribution is -2.35. The van der Waals surface area contributed by atoms with E-state index in [2.05, 4.69) is 36.3 Å². The van der Waals surface area contributed by atoms with E-state index in [0.29, 0.717) is 0 Å². The number of ether oxygens (including phenoxy) is 1. The van der Waals surface area contributed by atoms with E-state index in [0.717, 1.165) is 29.8 Å². The van der Waals surface area contributed by atoms with Gasteiger partial charge in [-0.05, 0) is 25.3 Å². The van der Waals surface area contributed by atoms with Crippen LogP contribution in [0.3, 0.4) is 0 Å². The van der Waals surface area contributed by atoms with E-state index in [9.17, 15) is 9.59 Å². The van der Waals surface area contributed by atoms with Crippen molar-refractivity contribution in [3.8, 4) is 10.6 Å². The predicted octanol–water partition coefficient (Wildman–Crippen LogP) is 3.83. The summed E-state index contributed by atoms with van der Waals surface area (Å²) in [6, 6.07) is 8.17. The van der Waals surface area contributed by atoms with Crippen LogP contribution in [0.2, 0.25) is 0 Å². The van der Waals surface area contributed by atoms with Gasteiger partial charge in [0.05, 0.1) is 0 Å². The van der Waals surface area contributed by atoms with Crippen molar-refractivity contribution in [1.82, 2.24) is 10.3 Å². The molecule has 1 amide bonds. The van der Waals surface area contributed by atoms with Gasteiger partial charge in [0.2, 0.25) is 0 Å². The first-order valence-electron chi connectivity index (χ1n) is 8.54. The average Bonchev–Trinajstić information content (AvgIpc) is 3.10. The number of aryl methyl sites for hydroxylation is 1. The van der Waals surface area contributed by atoms with Crippen LogP contribution in [0.25, 0.3) is 10.6 Å². The smallest absolute Gasteiger partial charge is 0.358 e. The highest BCUT2D eigenvalue weighted by atomic mass is 32.1. The fraction of sp³-hybridized carbons (Fsp3) is 0.421. The molecule has 1 heterocycles. The summed E-state index contributed by atoms with van der Waals surface area (Å²) in [4.78, 5) is 28.1. The normalized spacial score (nSPS) is 11.8. The van der Waals surface area contributed by atoms with Gasteiger partial charge in [-0.15, -0.1) is 11.3 Å². The van der Waals surface area contributed by atoms with Crippen LogP contribution in [-0.2, 0) is 16.0 Å². The van der Waals surface area contributed by atoms with E-state index < -0.39 is 5.97 Å². The van der Waals surface area contributed by atoms with Crippen LogP contribution in [0.15, 0.2) is 29.6 Å². The lowest BCUT2D eigenvalue weighted by atomic mass is 10.1. The third kappa shape index (κ3) is 5.67.